The standard InChI is InChI=1S/C12H20ClN3/c1-5-7-10(14-6-2)8-11-12(13)9(3)15-16(11)4/h5,10,14H,1,6-8H2,2-4H3. The van der Waals surface area contributed by atoms with Gasteiger partial charge in [-0.2, -0.15) is 5.10 Å². The molecule has 1 heterocycles. The summed E-state index contributed by atoms with van der Waals surface area (Å²) < 4.78 is 1.87. The molecule has 1 atom stereocenters. The third-order valence-corrected chi connectivity index (χ3v) is 3.14. The zero-order chi connectivity index (χ0) is 12.1. The van der Waals surface area contributed by atoms with E-state index in [1.165, 1.54) is 0 Å². The van der Waals surface area contributed by atoms with Crippen LogP contribution in [0.5, 0.6) is 0 Å². The van der Waals surface area contributed by atoms with E-state index in [1.807, 2.05) is 24.7 Å². The first-order chi connectivity index (χ1) is 7.60. The van der Waals surface area contributed by atoms with Gasteiger partial charge in [0.2, 0.25) is 0 Å². The second-order valence-electron chi connectivity index (χ2n) is 3.95. The molecule has 4 heteroatoms. The van der Waals surface area contributed by atoms with Crippen LogP contribution in [0.1, 0.15) is 24.7 Å². The van der Waals surface area contributed by atoms with Gasteiger partial charge in [-0.1, -0.05) is 24.6 Å². The Morgan fingerprint density at radius 2 is 2.31 bits per heavy atom. The van der Waals surface area contributed by atoms with Crippen LogP contribution in [0.4, 0.5) is 0 Å². The minimum atomic E-state index is 0.384. The summed E-state index contributed by atoms with van der Waals surface area (Å²) in [6, 6.07) is 0.384. The van der Waals surface area contributed by atoms with Crippen molar-refractivity contribution in [3.8, 4) is 0 Å². The predicted molar refractivity (Wildman–Crippen MR) is 68.9 cm³/mol. The predicted octanol–water partition coefficient (Wildman–Crippen LogP) is 2.48. The molecule has 3 nitrogen and oxygen atoms in total. The van der Waals surface area contributed by atoms with Gasteiger partial charge in [0.05, 0.1) is 16.4 Å². The summed E-state index contributed by atoms with van der Waals surface area (Å²) in [5, 5.41) is 8.53. The molecule has 1 aromatic rings. The summed E-state index contributed by atoms with van der Waals surface area (Å²) in [4.78, 5) is 0. The molecule has 90 valence electrons. The average molecular weight is 242 g/mol. The number of aromatic nitrogens is 2. The first-order valence-electron chi connectivity index (χ1n) is 5.62. The molecule has 0 saturated carbocycles. The highest BCUT2D eigenvalue weighted by atomic mass is 35.5. The van der Waals surface area contributed by atoms with Crippen LogP contribution in [0.15, 0.2) is 12.7 Å². The monoisotopic (exact) mass is 241 g/mol. The zero-order valence-electron chi connectivity index (χ0n) is 10.3. The summed E-state index contributed by atoms with van der Waals surface area (Å²) >= 11 is 6.22. The van der Waals surface area contributed by atoms with E-state index in [0.717, 1.165) is 35.8 Å². The number of hydrogen-bond acceptors (Lipinski definition) is 2. The van der Waals surface area contributed by atoms with Crippen LogP contribution in [-0.2, 0) is 13.5 Å². The summed E-state index contributed by atoms with van der Waals surface area (Å²) in [6.07, 6.45) is 3.76. The quantitative estimate of drug-likeness (QED) is 0.776. The smallest absolute Gasteiger partial charge is 0.0847 e. The Kier molecular flexibility index (Phi) is 5.03. The van der Waals surface area contributed by atoms with Gasteiger partial charge in [-0.15, -0.1) is 6.58 Å². The maximum Gasteiger partial charge on any atom is 0.0847 e. The second kappa shape index (κ2) is 6.06. The van der Waals surface area contributed by atoms with Gasteiger partial charge in [0, 0.05) is 19.5 Å². The molecule has 0 aliphatic rings. The van der Waals surface area contributed by atoms with E-state index >= 15 is 0 Å². The Labute approximate surface area is 102 Å². The lowest BCUT2D eigenvalue weighted by molar-refractivity contribution is 0.512. The molecule has 0 radical (unpaired) electrons. The van der Waals surface area contributed by atoms with E-state index in [9.17, 15) is 0 Å². The fourth-order valence-electron chi connectivity index (χ4n) is 1.86. The van der Waals surface area contributed by atoms with Gasteiger partial charge in [-0.3, -0.25) is 4.68 Å². The third-order valence-electron chi connectivity index (χ3n) is 2.65. The van der Waals surface area contributed by atoms with Crippen molar-refractivity contribution in [2.24, 2.45) is 7.05 Å². The second-order valence-corrected chi connectivity index (χ2v) is 4.33. The minimum Gasteiger partial charge on any atom is -0.314 e. The van der Waals surface area contributed by atoms with E-state index < -0.39 is 0 Å². The van der Waals surface area contributed by atoms with Crippen LogP contribution in [0.25, 0.3) is 0 Å². The van der Waals surface area contributed by atoms with Crippen molar-refractivity contribution in [3.05, 3.63) is 29.1 Å². The molecule has 0 aliphatic carbocycles. The maximum absolute atomic E-state index is 6.22. The maximum atomic E-state index is 6.22. The van der Waals surface area contributed by atoms with E-state index in [1.54, 1.807) is 0 Å². The van der Waals surface area contributed by atoms with Crippen LogP contribution in [0, 0.1) is 6.92 Å². The van der Waals surface area contributed by atoms with Crippen molar-refractivity contribution >= 4 is 11.6 Å². The Morgan fingerprint density at radius 1 is 1.62 bits per heavy atom. The molecule has 1 unspecified atom stereocenters. The van der Waals surface area contributed by atoms with Gasteiger partial charge in [0.1, 0.15) is 0 Å². The number of halogens is 1. The van der Waals surface area contributed by atoms with Crippen molar-refractivity contribution in [1.29, 1.82) is 0 Å². The number of likely N-dealkylation sites (N-methyl/N-ethyl adjacent to an activating group) is 1. The molecule has 0 aliphatic heterocycles. The van der Waals surface area contributed by atoms with E-state index in [2.05, 4.69) is 23.9 Å². The molecular formula is C12H20ClN3. The van der Waals surface area contributed by atoms with Crippen LogP contribution >= 0.6 is 11.6 Å². The number of rotatable bonds is 6. The number of nitrogens with one attached hydrogen (secondary N) is 1. The molecule has 16 heavy (non-hydrogen) atoms. The highest BCUT2D eigenvalue weighted by molar-refractivity contribution is 6.31. The SMILES string of the molecule is C=CCC(Cc1c(Cl)c(C)nn1C)NCC. The highest BCUT2D eigenvalue weighted by Crippen LogP contribution is 2.21. The molecule has 0 amide bonds. The number of nitrogens with zero attached hydrogens (tertiary/aromatic N) is 2. The largest absolute Gasteiger partial charge is 0.314 e. The van der Waals surface area contributed by atoms with Crippen LogP contribution in [0.2, 0.25) is 5.02 Å². The fourth-order valence-corrected chi connectivity index (χ4v) is 2.10. The molecule has 0 bridgehead atoms. The molecule has 1 rings (SSSR count). The first kappa shape index (κ1) is 13.3. The molecular weight excluding hydrogens is 222 g/mol. The Hall–Kier alpha value is -0.800. The Morgan fingerprint density at radius 3 is 2.75 bits per heavy atom. The van der Waals surface area contributed by atoms with Crippen molar-refractivity contribution in [3.63, 3.8) is 0 Å². The zero-order valence-corrected chi connectivity index (χ0v) is 11.0. The van der Waals surface area contributed by atoms with Crippen molar-refractivity contribution < 1.29 is 0 Å². The minimum absolute atomic E-state index is 0.384. The van der Waals surface area contributed by atoms with E-state index in [4.69, 9.17) is 11.6 Å². The Bertz CT molecular complexity index is 357. The fraction of sp³-hybridized carbons (Fsp3) is 0.583. The van der Waals surface area contributed by atoms with Crippen LogP contribution < -0.4 is 5.32 Å². The van der Waals surface area contributed by atoms with Gasteiger partial charge in [0.15, 0.2) is 0 Å². The summed E-state index contributed by atoms with van der Waals surface area (Å²) in [5.74, 6) is 0. The summed E-state index contributed by atoms with van der Waals surface area (Å²) in [5.41, 5.74) is 1.99. The lowest BCUT2D eigenvalue weighted by Gasteiger charge is -2.16. The topological polar surface area (TPSA) is 29.9 Å². The van der Waals surface area contributed by atoms with Gasteiger partial charge >= 0.3 is 0 Å². The first-order valence-corrected chi connectivity index (χ1v) is 6.00. The van der Waals surface area contributed by atoms with Gasteiger partial charge in [0.25, 0.3) is 0 Å². The van der Waals surface area contributed by atoms with Gasteiger partial charge < -0.3 is 5.32 Å². The third kappa shape index (κ3) is 3.09. The molecule has 0 spiro atoms. The average Bonchev–Trinajstić information content (AvgIpc) is 2.46. The lowest BCUT2D eigenvalue weighted by atomic mass is 10.1. The summed E-state index contributed by atoms with van der Waals surface area (Å²) in [7, 11) is 1.94. The molecule has 0 fully saturated rings. The Balaban J connectivity index is 2.79. The molecule has 1 aromatic heterocycles. The molecule has 0 aromatic carbocycles. The normalized spacial score (nSPS) is 12.8. The molecule has 1 N–H and O–H groups in total. The molecule has 0 saturated heterocycles. The van der Waals surface area contributed by atoms with Gasteiger partial charge in [-0.25, -0.2) is 0 Å². The number of hydrogen-bond donors (Lipinski definition) is 1. The van der Waals surface area contributed by atoms with Crippen LogP contribution in [0.3, 0.4) is 0 Å². The summed E-state index contributed by atoms with van der Waals surface area (Å²) in [6.45, 7) is 8.77. The van der Waals surface area contributed by atoms with Crippen molar-refractivity contribution in [2.75, 3.05) is 6.54 Å². The van der Waals surface area contributed by atoms with E-state index in [-0.39, 0.29) is 0 Å². The van der Waals surface area contributed by atoms with Crippen molar-refractivity contribution in [2.45, 2.75) is 32.7 Å². The number of aryl methyl sites for hydroxylation is 2. The van der Waals surface area contributed by atoms with E-state index in [0.29, 0.717) is 6.04 Å². The highest BCUT2D eigenvalue weighted by Gasteiger charge is 2.15. The van der Waals surface area contributed by atoms with Crippen molar-refractivity contribution in [1.82, 2.24) is 15.1 Å². The lowest BCUT2D eigenvalue weighted by Crippen LogP contribution is -2.31. The van der Waals surface area contributed by atoms with Gasteiger partial charge in [-0.05, 0) is 19.9 Å². The van der Waals surface area contributed by atoms with Crippen LogP contribution in [-0.4, -0.2) is 22.4 Å².